The first-order chi connectivity index (χ1) is 16.3. The lowest BCUT2D eigenvalue weighted by atomic mass is 9.92. The molecule has 0 bridgehead atoms. The quantitative estimate of drug-likeness (QED) is 0.628. The number of anilines is 1. The average Bonchev–Trinajstić information content (AvgIpc) is 2.85. The van der Waals surface area contributed by atoms with Gasteiger partial charge >= 0.3 is 0 Å². The van der Waals surface area contributed by atoms with Crippen LogP contribution in [0.5, 0.6) is 0 Å². The molecule has 2 aliphatic rings. The lowest BCUT2D eigenvalue weighted by molar-refractivity contribution is -0.134. The largest absolute Gasteiger partial charge is 0.342 e. The van der Waals surface area contributed by atoms with Crippen LogP contribution >= 0.6 is 0 Å². The molecule has 1 atom stereocenters. The van der Waals surface area contributed by atoms with E-state index in [9.17, 15) is 18.0 Å². The fourth-order valence-electron chi connectivity index (χ4n) is 4.66. The molecule has 1 unspecified atom stereocenters. The van der Waals surface area contributed by atoms with Crippen LogP contribution in [-0.4, -0.2) is 49.8 Å². The number of pyridine rings is 1. The zero-order valence-electron chi connectivity index (χ0n) is 19.5. The molecule has 2 N–H and O–H groups in total. The van der Waals surface area contributed by atoms with Crippen LogP contribution in [0.15, 0.2) is 41.4 Å². The van der Waals surface area contributed by atoms with Gasteiger partial charge < -0.3 is 10.2 Å². The SMILES string of the molecule is Cc1cccnc1NC(=O)C1CCCN(C(=O)CCNS(=O)(=O)c2ccc3c(c2)CCCC3)C1. The Bertz CT molecular complexity index is 1170. The van der Waals surface area contributed by atoms with Gasteiger partial charge in [0.25, 0.3) is 0 Å². The van der Waals surface area contributed by atoms with Gasteiger partial charge in [0.1, 0.15) is 5.82 Å². The number of benzene rings is 1. The van der Waals surface area contributed by atoms with Crippen LogP contribution in [0.4, 0.5) is 5.82 Å². The highest BCUT2D eigenvalue weighted by molar-refractivity contribution is 7.89. The van der Waals surface area contributed by atoms with Crippen molar-refractivity contribution in [1.29, 1.82) is 0 Å². The number of piperidine rings is 1. The van der Waals surface area contributed by atoms with Crippen molar-refractivity contribution < 1.29 is 18.0 Å². The third kappa shape index (κ3) is 5.82. The van der Waals surface area contributed by atoms with Crippen molar-refractivity contribution in [2.45, 2.75) is 56.8 Å². The number of carbonyl (C=O) groups excluding carboxylic acids is 2. The van der Waals surface area contributed by atoms with Crippen molar-refractivity contribution in [2.24, 2.45) is 5.92 Å². The van der Waals surface area contributed by atoms with E-state index in [0.29, 0.717) is 25.3 Å². The number of nitrogens with one attached hydrogen (secondary N) is 2. The molecule has 1 aliphatic carbocycles. The van der Waals surface area contributed by atoms with Crippen LogP contribution in [-0.2, 0) is 32.5 Å². The summed E-state index contributed by atoms with van der Waals surface area (Å²) in [5.41, 5.74) is 3.21. The molecule has 1 aliphatic heterocycles. The Hall–Kier alpha value is -2.78. The van der Waals surface area contributed by atoms with E-state index >= 15 is 0 Å². The summed E-state index contributed by atoms with van der Waals surface area (Å²) in [6.07, 6.45) is 7.23. The molecular weight excluding hydrogens is 452 g/mol. The van der Waals surface area contributed by atoms with Gasteiger partial charge in [-0.3, -0.25) is 9.59 Å². The zero-order chi connectivity index (χ0) is 24.1. The van der Waals surface area contributed by atoms with E-state index in [2.05, 4.69) is 15.0 Å². The molecule has 1 aromatic carbocycles. The first kappa shape index (κ1) is 24.3. The van der Waals surface area contributed by atoms with E-state index in [1.165, 1.54) is 5.56 Å². The molecule has 0 radical (unpaired) electrons. The Morgan fingerprint density at radius 2 is 1.91 bits per heavy atom. The summed E-state index contributed by atoms with van der Waals surface area (Å²) >= 11 is 0. The molecular formula is C25H32N4O4S. The number of hydrogen-bond acceptors (Lipinski definition) is 5. The lowest BCUT2D eigenvalue weighted by Gasteiger charge is -2.32. The minimum absolute atomic E-state index is 0.0265. The van der Waals surface area contributed by atoms with Gasteiger partial charge in [-0.2, -0.15) is 0 Å². The molecule has 1 saturated heterocycles. The second-order valence-electron chi connectivity index (χ2n) is 9.12. The number of nitrogens with zero attached hydrogens (tertiary/aromatic N) is 2. The average molecular weight is 485 g/mol. The molecule has 1 aromatic heterocycles. The molecule has 9 heteroatoms. The van der Waals surface area contributed by atoms with Crippen LogP contribution in [0, 0.1) is 12.8 Å². The Morgan fingerprint density at radius 3 is 2.71 bits per heavy atom. The van der Waals surface area contributed by atoms with Gasteiger partial charge in [0, 0.05) is 32.3 Å². The fraction of sp³-hybridized carbons (Fsp3) is 0.480. The number of fused-ring (bicyclic) bond motifs is 1. The highest BCUT2D eigenvalue weighted by Gasteiger charge is 2.29. The maximum atomic E-state index is 12.7. The van der Waals surface area contributed by atoms with Crippen molar-refractivity contribution in [3.63, 3.8) is 0 Å². The second kappa shape index (κ2) is 10.7. The van der Waals surface area contributed by atoms with Crippen LogP contribution in [0.25, 0.3) is 0 Å². The standard InChI is InChI=1S/C25H32N4O4S/c1-18-6-4-13-26-24(18)28-25(31)21-9-5-15-29(17-21)23(30)12-14-27-34(32,33)22-11-10-19-7-2-3-8-20(19)16-22/h4,6,10-11,13,16,21,27H,2-3,5,7-9,12,14-15,17H2,1H3,(H,26,28,31). The van der Waals surface area contributed by atoms with E-state index in [0.717, 1.165) is 43.2 Å². The van der Waals surface area contributed by atoms with Crippen LogP contribution in [0.3, 0.4) is 0 Å². The van der Waals surface area contributed by atoms with E-state index in [4.69, 9.17) is 0 Å². The van der Waals surface area contributed by atoms with E-state index in [1.54, 1.807) is 23.2 Å². The third-order valence-corrected chi connectivity index (χ3v) is 8.12. The summed E-state index contributed by atoms with van der Waals surface area (Å²) in [5.74, 6) is -0.0779. The Kier molecular flexibility index (Phi) is 7.63. The molecule has 1 fully saturated rings. The maximum absolute atomic E-state index is 12.7. The fourth-order valence-corrected chi connectivity index (χ4v) is 5.75. The number of aromatic nitrogens is 1. The minimum Gasteiger partial charge on any atom is -0.342 e. The van der Waals surface area contributed by atoms with Gasteiger partial charge in [-0.25, -0.2) is 18.1 Å². The molecule has 8 nitrogen and oxygen atoms in total. The van der Waals surface area contributed by atoms with Crippen molar-refractivity contribution in [1.82, 2.24) is 14.6 Å². The topological polar surface area (TPSA) is 108 Å². The number of hydrogen-bond donors (Lipinski definition) is 2. The number of rotatable bonds is 7. The minimum atomic E-state index is -3.67. The summed E-state index contributed by atoms with van der Waals surface area (Å²) in [5, 5.41) is 2.86. The number of amides is 2. The normalized spacial score (nSPS) is 18.3. The molecule has 2 heterocycles. The Balaban J connectivity index is 1.29. The molecule has 0 spiro atoms. The van der Waals surface area contributed by atoms with Gasteiger partial charge in [0.15, 0.2) is 0 Å². The molecule has 0 saturated carbocycles. The lowest BCUT2D eigenvalue weighted by Crippen LogP contribution is -2.44. The van der Waals surface area contributed by atoms with Crippen LogP contribution in [0.2, 0.25) is 0 Å². The maximum Gasteiger partial charge on any atom is 0.240 e. The van der Waals surface area contributed by atoms with Crippen molar-refractivity contribution in [2.75, 3.05) is 25.0 Å². The van der Waals surface area contributed by atoms with E-state index in [-0.39, 0.29) is 35.6 Å². The highest BCUT2D eigenvalue weighted by Crippen LogP contribution is 2.24. The van der Waals surface area contributed by atoms with Crippen molar-refractivity contribution >= 4 is 27.7 Å². The number of aryl methyl sites for hydroxylation is 3. The Labute approximate surface area is 201 Å². The smallest absolute Gasteiger partial charge is 0.240 e. The summed E-state index contributed by atoms with van der Waals surface area (Å²) in [4.78, 5) is 31.6. The van der Waals surface area contributed by atoms with Crippen molar-refractivity contribution in [3.8, 4) is 0 Å². The summed E-state index contributed by atoms with van der Waals surface area (Å²) in [6, 6.07) is 9.00. The third-order valence-electron chi connectivity index (χ3n) is 6.66. The van der Waals surface area contributed by atoms with E-state index in [1.807, 2.05) is 25.1 Å². The van der Waals surface area contributed by atoms with Gasteiger partial charge in [-0.15, -0.1) is 0 Å². The van der Waals surface area contributed by atoms with Gasteiger partial charge in [-0.05, 0) is 80.3 Å². The second-order valence-corrected chi connectivity index (χ2v) is 10.9. The van der Waals surface area contributed by atoms with Gasteiger partial charge in [0.2, 0.25) is 21.8 Å². The molecule has 182 valence electrons. The highest BCUT2D eigenvalue weighted by atomic mass is 32.2. The number of sulfonamides is 1. The van der Waals surface area contributed by atoms with Crippen LogP contribution < -0.4 is 10.0 Å². The molecule has 4 rings (SSSR count). The summed E-state index contributed by atoms with van der Waals surface area (Å²) in [6.45, 7) is 2.81. The zero-order valence-corrected chi connectivity index (χ0v) is 20.4. The number of likely N-dealkylation sites (tertiary alicyclic amines) is 1. The monoisotopic (exact) mass is 484 g/mol. The molecule has 2 aromatic rings. The number of carbonyl (C=O) groups is 2. The summed E-state index contributed by atoms with van der Waals surface area (Å²) in [7, 11) is -3.67. The first-order valence-corrected chi connectivity index (χ1v) is 13.4. The predicted molar refractivity (Wildman–Crippen MR) is 130 cm³/mol. The van der Waals surface area contributed by atoms with E-state index < -0.39 is 10.0 Å². The Morgan fingerprint density at radius 1 is 1.12 bits per heavy atom. The first-order valence-electron chi connectivity index (χ1n) is 12.0. The van der Waals surface area contributed by atoms with Gasteiger partial charge in [-0.1, -0.05) is 12.1 Å². The molecule has 2 amide bonds. The van der Waals surface area contributed by atoms with Gasteiger partial charge in [0.05, 0.1) is 10.8 Å². The van der Waals surface area contributed by atoms with Crippen LogP contribution in [0.1, 0.15) is 48.8 Å². The van der Waals surface area contributed by atoms with Crippen molar-refractivity contribution in [3.05, 3.63) is 53.2 Å². The predicted octanol–water partition coefficient (Wildman–Crippen LogP) is 2.81. The molecule has 34 heavy (non-hydrogen) atoms. The summed E-state index contributed by atoms with van der Waals surface area (Å²) < 4.78 is 28.0.